The summed E-state index contributed by atoms with van der Waals surface area (Å²) in [6.45, 7) is 1.84. The van der Waals surface area contributed by atoms with Gasteiger partial charge < -0.3 is 14.9 Å². The second kappa shape index (κ2) is 4.76. The van der Waals surface area contributed by atoms with Gasteiger partial charge in [0.25, 0.3) is 0 Å². The molecule has 0 bridgehead atoms. The van der Waals surface area contributed by atoms with Crippen LogP contribution in [0.4, 0.5) is 6.01 Å². The molecule has 1 aromatic carbocycles. The van der Waals surface area contributed by atoms with Gasteiger partial charge in [0.2, 0.25) is 5.82 Å². The predicted molar refractivity (Wildman–Crippen MR) is 59.9 cm³/mol. The molecule has 1 atom stereocenters. The van der Waals surface area contributed by atoms with Gasteiger partial charge in [0.15, 0.2) is 0 Å². The summed E-state index contributed by atoms with van der Waals surface area (Å²) in [4.78, 5) is 4.17. The van der Waals surface area contributed by atoms with Crippen molar-refractivity contribution in [2.75, 3.05) is 11.9 Å². The zero-order chi connectivity index (χ0) is 11.4. The highest BCUT2D eigenvalue weighted by atomic mass is 16.5. The van der Waals surface area contributed by atoms with Crippen molar-refractivity contribution >= 4 is 6.01 Å². The van der Waals surface area contributed by atoms with Crippen molar-refractivity contribution in [3.63, 3.8) is 0 Å². The van der Waals surface area contributed by atoms with E-state index in [-0.39, 0.29) is 12.6 Å². The molecule has 0 saturated carbocycles. The molecule has 2 aromatic rings. The molecule has 0 spiro atoms. The first-order valence-electron chi connectivity index (χ1n) is 5.06. The average Bonchev–Trinajstić information content (AvgIpc) is 2.78. The van der Waals surface area contributed by atoms with Crippen LogP contribution in [-0.4, -0.2) is 27.9 Å². The van der Waals surface area contributed by atoms with E-state index >= 15 is 0 Å². The van der Waals surface area contributed by atoms with Crippen molar-refractivity contribution in [2.24, 2.45) is 0 Å². The minimum Gasteiger partial charge on any atom is -0.394 e. The Hall–Kier alpha value is -1.88. The van der Waals surface area contributed by atoms with Crippen LogP contribution >= 0.6 is 0 Å². The molecule has 5 nitrogen and oxygen atoms in total. The summed E-state index contributed by atoms with van der Waals surface area (Å²) in [7, 11) is 0. The van der Waals surface area contributed by atoms with Crippen molar-refractivity contribution in [3.05, 3.63) is 30.3 Å². The van der Waals surface area contributed by atoms with E-state index in [2.05, 4.69) is 15.5 Å². The quantitative estimate of drug-likeness (QED) is 0.816. The van der Waals surface area contributed by atoms with Gasteiger partial charge >= 0.3 is 6.01 Å². The van der Waals surface area contributed by atoms with E-state index in [9.17, 15) is 0 Å². The summed E-state index contributed by atoms with van der Waals surface area (Å²) in [6.07, 6.45) is 0. The predicted octanol–water partition coefficient (Wildman–Crippen LogP) is 1.53. The zero-order valence-electron chi connectivity index (χ0n) is 8.92. The maximum Gasteiger partial charge on any atom is 0.322 e. The molecule has 16 heavy (non-hydrogen) atoms. The normalized spacial score (nSPS) is 12.4. The summed E-state index contributed by atoms with van der Waals surface area (Å²) in [6, 6.07) is 9.78. The van der Waals surface area contributed by atoms with Crippen LogP contribution in [0.2, 0.25) is 0 Å². The highest BCUT2D eigenvalue weighted by Gasteiger charge is 2.09. The fourth-order valence-corrected chi connectivity index (χ4v) is 1.24. The third kappa shape index (κ3) is 2.38. The molecule has 84 valence electrons. The third-order valence-electron chi connectivity index (χ3n) is 2.10. The van der Waals surface area contributed by atoms with E-state index in [1.165, 1.54) is 0 Å². The van der Waals surface area contributed by atoms with E-state index in [0.29, 0.717) is 11.8 Å². The first-order valence-corrected chi connectivity index (χ1v) is 5.06. The van der Waals surface area contributed by atoms with Crippen molar-refractivity contribution in [1.82, 2.24) is 10.1 Å². The van der Waals surface area contributed by atoms with E-state index in [4.69, 9.17) is 9.63 Å². The Morgan fingerprint density at radius 2 is 2.12 bits per heavy atom. The van der Waals surface area contributed by atoms with Crippen LogP contribution in [0.25, 0.3) is 11.4 Å². The number of nitrogens with one attached hydrogen (secondary N) is 1. The number of benzene rings is 1. The SMILES string of the molecule is CC(CO)Nc1nc(-c2ccccc2)no1. The molecule has 0 saturated heterocycles. The van der Waals surface area contributed by atoms with Gasteiger partial charge in [-0.3, -0.25) is 0 Å². The van der Waals surface area contributed by atoms with Gasteiger partial charge in [0, 0.05) is 5.56 Å². The number of hydrogen-bond donors (Lipinski definition) is 2. The van der Waals surface area contributed by atoms with E-state index < -0.39 is 0 Å². The highest BCUT2D eigenvalue weighted by Crippen LogP contribution is 2.16. The Labute approximate surface area is 93.1 Å². The Kier molecular flexibility index (Phi) is 3.16. The van der Waals surface area contributed by atoms with Gasteiger partial charge in [-0.1, -0.05) is 35.5 Å². The molecule has 5 heteroatoms. The molecule has 0 radical (unpaired) electrons. The molecule has 0 aliphatic heterocycles. The van der Waals surface area contributed by atoms with Crippen LogP contribution in [0.15, 0.2) is 34.9 Å². The first kappa shape index (κ1) is 10.6. The minimum absolute atomic E-state index is 0.0169. The Morgan fingerprint density at radius 3 is 2.81 bits per heavy atom. The molecule has 0 aliphatic rings. The number of anilines is 1. The third-order valence-corrected chi connectivity index (χ3v) is 2.10. The Balaban J connectivity index is 2.14. The number of aliphatic hydroxyl groups excluding tert-OH is 1. The second-order valence-corrected chi connectivity index (χ2v) is 3.52. The fraction of sp³-hybridized carbons (Fsp3) is 0.273. The number of nitrogens with zero attached hydrogens (tertiary/aromatic N) is 2. The molecule has 1 unspecified atom stereocenters. The molecule has 1 heterocycles. The maximum atomic E-state index is 8.87. The number of aromatic nitrogens is 2. The first-order chi connectivity index (χ1) is 7.79. The van der Waals surface area contributed by atoms with Crippen LogP contribution < -0.4 is 5.32 Å². The minimum atomic E-state index is -0.107. The Morgan fingerprint density at radius 1 is 1.38 bits per heavy atom. The van der Waals surface area contributed by atoms with Crippen LogP contribution in [0, 0.1) is 0 Å². The van der Waals surface area contributed by atoms with Crippen LogP contribution in [0.3, 0.4) is 0 Å². The molecule has 2 N–H and O–H groups in total. The molecule has 1 aromatic heterocycles. The van der Waals surface area contributed by atoms with Crippen LogP contribution in [0.5, 0.6) is 0 Å². The van der Waals surface area contributed by atoms with E-state index in [1.54, 1.807) is 0 Å². The molecular weight excluding hydrogens is 206 g/mol. The van der Waals surface area contributed by atoms with Gasteiger partial charge in [-0.2, -0.15) is 4.98 Å². The standard InChI is InChI=1S/C11H13N3O2/c1-8(7-15)12-11-13-10(14-16-11)9-5-3-2-4-6-9/h2-6,8,15H,7H2,1H3,(H,12,13,14). The Bertz CT molecular complexity index is 442. The molecule has 0 aliphatic carbocycles. The van der Waals surface area contributed by atoms with Gasteiger partial charge in [-0.15, -0.1) is 0 Å². The smallest absolute Gasteiger partial charge is 0.322 e. The van der Waals surface area contributed by atoms with Crippen molar-refractivity contribution in [2.45, 2.75) is 13.0 Å². The zero-order valence-corrected chi connectivity index (χ0v) is 8.92. The van der Waals surface area contributed by atoms with Gasteiger partial charge in [-0.25, -0.2) is 0 Å². The van der Waals surface area contributed by atoms with Crippen LogP contribution in [0.1, 0.15) is 6.92 Å². The van der Waals surface area contributed by atoms with E-state index in [1.807, 2.05) is 37.3 Å². The lowest BCUT2D eigenvalue weighted by Gasteiger charge is -2.05. The second-order valence-electron chi connectivity index (χ2n) is 3.52. The molecule has 0 amide bonds. The fourth-order valence-electron chi connectivity index (χ4n) is 1.24. The summed E-state index contributed by atoms with van der Waals surface area (Å²) in [5.74, 6) is 0.535. The monoisotopic (exact) mass is 219 g/mol. The van der Waals surface area contributed by atoms with Gasteiger partial charge in [0.1, 0.15) is 0 Å². The summed E-state index contributed by atoms with van der Waals surface area (Å²) in [5, 5.41) is 15.6. The van der Waals surface area contributed by atoms with Crippen LogP contribution in [-0.2, 0) is 0 Å². The van der Waals surface area contributed by atoms with Crippen molar-refractivity contribution in [3.8, 4) is 11.4 Å². The lowest BCUT2D eigenvalue weighted by atomic mass is 10.2. The largest absolute Gasteiger partial charge is 0.394 e. The number of rotatable bonds is 4. The van der Waals surface area contributed by atoms with Gasteiger partial charge in [-0.05, 0) is 6.92 Å². The van der Waals surface area contributed by atoms with Crippen molar-refractivity contribution in [1.29, 1.82) is 0 Å². The molecule has 2 rings (SSSR count). The van der Waals surface area contributed by atoms with Crippen molar-refractivity contribution < 1.29 is 9.63 Å². The summed E-state index contributed by atoms with van der Waals surface area (Å²) in [5.41, 5.74) is 0.899. The average molecular weight is 219 g/mol. The van der Waals surface area contributed by atoms with E-state index in [0.717, 1.165) is 5.56 Å². The topological polar surface area (TPSA) is 71.2 Å². The summed E-state index contributed by atoms with van der Waals surface area (Å²) >= 11 is 0. The summed E-state index contributed by atoms with van der Waals surface area (Å²) < 4.78 is 5.01. The lowest BCUT2D eigenvalue weighted by Crippen LogP contribution is -2.19. The maximum absolute atomic E-state index is 8.87. The molecular formula is C11H13N3O2. The van der Waals surface area contributed by atoms with Gasteiger partial charge in [0.05, 0.1) is 12.6 Å². The highest BCUT2D eigenvalue weighted by molar-refractivity contribution is 5.54. The molecule has 0 fully saturated rings. The number of aliphatic hydroxyl groups is 1. The lowest BCUT2D eigenvalue weighted by molar-refractivity contribution is 0.278. The number of hydrogen-bond acceptors (Lipinski definition) is 5.